The second-order valence-corrected chi connectivity index (χ2v) is 9.51. The molecule has 0 radical (unpaired) electrons. The van der Waals surface area contributed by atoms with Crippen LogP contribution in [0.1, 0.15) is 57.2 Å². The van der Waals surface area contributed by atoms with Gasteiger partial charge in [-0.05, 0) is 44.4 Å². The molecule has 0 unspecified atom stereocenters. The Hall–Kier alpha value is -3.34. The number of amides is 1. The number of nitrogens with two attached hydrogens (primary N) is 1. The van der Waals surface area contributed by atoms with Gasteiger partial charge in [0.25, 0.3) is 0 Å². The smallest absolute Gasteiger partial charge is 0.309 e. The molecule has 1 amide bonds. The van der Waals surface area contributed by atoms with Crippen molar-refractivity contribution < 1.29 is 23.8 Å². The highest BCUT2D eigenvalue weighted by Gasteiger charge is 2.29. The molecule has 0 spiro atoms. The predicted molar refractivity (Wildman–Crippen MR) is 138 cm³/mol. The van der Waals surface area contributed by atoms with E-state index in [0.717, 1.165) is 5.56 Å². The summed E-state index contributed by atoms with van der Waals surface area (Å²) < 4.78 is 18.7. The Morgan fingerprint density at radius 1 is 1.11 bits per heavy atom. The van der Waals surface area contributed by atoms with Crippen molar-refractivity contribution in [1.29, 1.82) is 0 Å². The Bertz CT molecular complexity index is 1170. The lowest BCUT2D eigenvalue weighted by Gasteiger charge is -2.24. The number of carbonyl (C=O) groups excluding carboxylic acids is 2. The molecule has 37 heavy (non-hydrogen) atoms. The van der Waals surface area contributed by atoms with Crippen LogP contribution in [-0.2, 0) is 37.0 Å². The first kappa shape index (κ1) is 28.2. The number of benzene rings is 1. The fraction of sp³-hybridized carbons (Fsp3) is 0.481. The van der Waals surface area contributed by atoms with Crippen LogP contribution in [0.5, 0.6) is 0 Å². The highest BCUT2D eigenvalue weighted by atomic mass is 16.5. The molecule has 200 valence electrons. The number of pyridine rings is 1. The van der Waals surface area contributed by atoms with Crippen molar-refractivity contribution in [3.8, 4) is 0 Å². The predicted octanol–water partition coefficient (Wildman–Crippen LogP) is 2.95. The zero-order valence-corrected chi connectivity index (χ0v) is 20.7. The molecule has 0 bridgehead atoms. The summed E-state index contributed by atoms with van der Waals surface area (Å²) in [5.74, 6) is -0.293. The molecule has 1 aliphatic heterocycles. The molecule has 3 heterocycles. The first-order valence-electron chi connectivity index (χ1n) is 12.1. The standard InChI is InChI=1S/C26H33N5O5.CH4/c1-26(2,27)25(33)28-21(17-35-15-18-7-4-3-5-8-18)23-30-29-22-10-6-9-20(31(22)23)16-36-24(32)19-11-13-34-14-12-19;/h3-10,19,21H,11-17,27H2,1-2H3,(H,28,33);1H4/t21-;/m1./s1. The number of fused-ring (bicyclic) bond motifs is 1. The summed E-state index contributed by atoms with van der Waals surface area (Å²) in [6.07, 6.45) is 1.31. The molecule has 1 aromatic carbocycles. The van der Waals surface area contributed by atoms with Gasteiger partial charge in [-0.3, -0.25) is 14.0 Å². The Morgan fingerprint density at radius 2 is 1.84 bits per heavy atom. The molecule has 0 aliphatic carbocycles. The van der Waals surface area contributed by atoms with Gasteiger partial charge in [0, 0.05) is 13.2 Å². The van der Waals surface area contributed by atoms with Crippen LogP contribution in [0.25, 0.3) is 5.65 Å². The molecule has 2 aromatic heterocycles. The first-order valence-corrected chi connectivity index (χ1v) is 12.1. The van der Waals surface area contributed by atoms with E-state index in [1.54, 1.807) is 24.3 Å². The molecule has 10 heteroatoms. The topological polar surface area (TPSA) is 130 Å². The number of hydrogen-bond acceptors (Lipinski definition) is 8. The summed E-state index contributed by atoms with van der Waals surface area (Å²) in [6.45, 7) is 4.95. The van der Waals surface area contributed by atoms with Crippen LogP contribution in [0.2, 0.25) is 0 Å². The van der Waals surface area contributed by atoms with Gasteiger partial charge in [0.1, 0.15) is 12.6 Å². The van der Waals surface area contributed by atoms with Crippen LogP contribution < -0.4 is 11.1 Å². The van der Waals surface area contributed by atoms with E-state index in [-0.39, 0.29) is 38.4 Å². The number of rotatable bonds is 10. The molecular formula is C27H37N5O5. The highest BCUT2D eigenvalue weighted by molar-refractivity contribution is 5.85. The third kappa shape index (κ3) is 7.34. The molecule has 0 saturated carbocycles. The molecule has 1 atom stereocenters. The molecule has 1 fully saturated rings. The van der Waals surface area contributed by atoms with Crippen LogP contribution in [0, 0.1) is 5.92 Å². The van der Waals surface area contributed by atoms with E-state index in [2.05, 4.69) is 15.5 Å². The van der Waals surface area contributed by atoms with Gasteiger partial charge in [0.2, 0.25) is 5.91 Å². The van der Waals surface area contributed by atoms with Crippen molar-refractivity contribution in [1.82, 2.24) is 19.9 Å². The third-order valence-corrected chi connectivity index (χ3v) is 6.05. The Balaban J connectivity index is 0.00000380. The van der Waals surface area contributed by atoms with Gasteiger partial charge in [0.05, 0.1) is 30.4 Å². The van der Waals surface area contributed by atoms with E-state index in [1.165, 1.54) is 0 Å². The summed E-state index contributed by atoms with van der Waals surface area (Å²) in [5, 5.41) is 11.6. The van der Waals surface area contributed by atoms with Crippen molar-refractivity contribution in [2.75, 3.05) is 19.8 Å². The normalized spacial score (nSPS) is 15.1. The highest BCUT2D eigenvalue weighted by Crippen LogP contribution is 2.20. The fourth-order valence-electron chi connectivity index (χ4n) is 3.96. The molecule has 4 rings (SSSR count). The Kier molecular flexibility index (Phi) is 9.73. The van der Waals surface area contributed by atoms with E-state index in [9.17, 15) is 9.59 Å². The lowest BCUT2D eigenvalue weighted by Crippen LogP contribution is -2.51. The van der Waals surface area contributed by atoms with Crippen LogP contribution in [0.4, 0.5) is 0 Å². The summed E-state index contributed by atoms with van der Waals surface area (Å²) in [5.41, 5.74) is 7.19. The summed E-state index contributed by atoms with van der Waals surface area (Å²) in [7, 11) is 0. The number of esters is 1. The van der Waals surface area contributed by atoms with Gasteiger partial charge < -0.3 is 25.3 Å². The fourth-order valence-corrected chi connectivity index (χ4v) is 3.96. The minimum atomic E-state index is -1.10. The molecule has 10 nitrogen and oxygen atoms in total. The maximum absolute atomic E-state index is 12.8. The third-order valence-electron chi connectivity index (χ3n) is 6.05. The van der Waals surface area contributed by atoms with E-state index >= 15 is 0 Å². The lowest BCUT2D eigenvalue weighted by molar-refractivity contribution is -0.153. The van der Waals surface area contributed by atoms with Gasteiger partial charge in [-0.25, -0.2) is 0 Å². The largest absolute Gasteiger partial charge is 0.459 e. The maximum atomic E-state index is 12.8. The number of nitrogens with zero attached hydrogens (tertiary/aromatic N) is 3. The van der Waals surface area contributed by atoms with E-state index in [0.29, 0.717) is 49.8 Å². The summed E-state index contributed by atoms with van der Waals surface area (Å²) in [6, 6.07) is 14.6. The monoisotopic (exact) mass is 511 g/mol. The van der Waals surface area contributed by atoms with Gasteiger partial charge in [0.15, 0.2) is 11.5 Å². The lowest BCUT2D eigenvalue weighted by atomic mass is 10.0. The van der Waals surface area contributed by atoms with Gasteiger partial charge >= 0.3 is 5.97 Å². The van der Waals surface area contributed by atoms with E-state index in [4.69, 9.17) is 19.9 Å². The van der Waals surface area contributed by atoms with E-state index in [1.807, 2.05) is 42.5 Å². The van der Waals surface area contributed by atoms with Crippen molar-refractivity contribution in [3.63, 3.8) is 0 Å². The molecule has 1 aliphatic rings. The number of ether oxygens (including phenoxy) is 3. The van der Waals surface area contributed by atoms with Crippen molar-refractivity contribution in [3.05, 3.63) is 65.6 Å². The summed E-state index contributed by atoms with van der Waals surface area (Å²) >= 11 is 0. The first-order chi connectivity index (χ1) is 17.3. The second kappa shape index (κ2) is 12.8. The average molecular weight is 512 g/mol. The Labute approximate surface area is 217 Å². The molecule has 3 N–H and O–H groups in total. The number of aromatic nitrogens is 3. The number of carbonyl (C=O) groups is 2. The minimum absolute atomic E-state index is 0. The minimum Gasteiger partial charge on any atom is -0.459 e. The van der Waals surface area contributed by atoms with Crippen LogP contribution in [-0.4, -0.2) is 51.8 Å². The van der Waals surface area contributed by atoms with Gasteiger partial charge in [-0.1, -0.05) is 43.8 Å². The Morgan fingerprint density at radius 3 is 2.54 bits per heavy atom. The van der Waals surface area contributed by atoms with Crippen molar-refractivity contribution >= 4 is 17.5 Å². The SMILES string of the molecule is C.CC(C)(N)C(=O)N[C@H](COCc1ccccc1)c1nnc2cccc(COC(=O)C3CCOCC3)n12. The maximum Gasteiger partial charge on any atom is 0.309 e. The van der Waals surface area contributed by atoms with Gasteiger partial charge in [-0.2, -0.15) is 0 Å². The second-order valence-electron chi connectivity index (χ2n) is 9.51. The zero-order chi connectivity index (χ0) is 25.5. The molecule has 1 saturated heterocycles. The van der Waals surface area contributed by atoms with Crippen molar-refractivity contribution in [2.45, 2.75) is 58.9 Å². The summed E-state index contributed by atoms with van der Waals surface area (Å²) in [4.78, 5) is 25.4. The van der Waals surface area contributed by atoms with Crippen LogP contribution in [0.3, 0.4) is 0 Å². The zero-order valence-electron chi connectivity index (χ0n) is 20.7. The molecule has 3 aromatic rings. The van der Waals surface area contributed by atoms with Crippen LogP contribution >= 0.6 is 0 Å². The number of nitrogens with one attached hydrogen (secondary N) is 1. The van der Waals surface area contributed by atoms with Crippen LogP contribution in [0.15, 0.2) is 48.5 Å². The van der Waals surface area contributed by atoms with Crippen molar-refractivity contribution in [2.24, 2.45) is 11.7 Å². The number of hydrogen-bond donors (Lipinski definition) is 2. The van der Waals surface area contributed by atoms with E-state index < -0.39 is 11.6 Å². The van der Waals surface area contributed by atoms with Gasteiger partial charge in [-0.15, -0.1) is 10.2 Å². The quantitative estimate of drug-likeness (QED) is 0.398. The molecular weight excluding hydrogens is 474 g/mol. The average Bonchev–Trinajstić information content (AvgIpc) is 3.32.